The molecular weight excluding hydrogens is 296 g/mol. The highest BCUT2D eigenvalue weighted by molar-refractivity contribution is 5.76. The van der Waals surface area contributed by atoms with E-state index in [9.17, 15) is 14.7 Å². The van der Waals surface area contributed by atoms with Crippen molar-refractivity contribution < 1.29 is 19.4 Å². The molecule has 1 heterocycles. The summed E-state index contributed by atoms with van der Waals surface area (Å²) in [7, 11) is 0. The third-order valence-electron chi connectivity index (χ3n) is 3.76. The molecule has 0 saturated carbocycles. The number of hydrogen-bond acceptors (Lipinski definition) is 4. The summed E-state index contributed by atoms with van der Waals surface area (Å²) in [4.78, 5) is 25.1. The molecule has 1 aliphatic heterocycles. The van der Waals surface area contributed by atoms with E-state index in [1.165, 1.54) is 4.90 Å². The number of likely N-dealkylation sites (tertiary alicyclic amines) is 1. The van der Waals surface area contributed by atoms with Gasteiger partial charge in [0, 0.05) is 19.0 Å². The molecule has 0 unspecified atom stereocenters. The van der Waals surface area contributed by atoms with E-state index < -0.39 is 23.6 Å². The Morgan fingerprint density at radius 1 is 1.26 bits per heavy atom. The molecule has 0 radical (unpaired) electrons. The minimum absolute atomic E-state index is 0.120. The SMILES string of the molecule is CC(C)(C)OC(=O)N1C[C@H](c2ccc(C#N)cc2)[C@H](C(=O)O)C1. The number of carboxylic acids is 1. The van der Waals surface area contributed by atoms with E-state index in [1.807, 2.05) is 6.07 Å². The lowest BCUT2D eigenvalue weighted by molar-refractivity contribution is -0.141. The fraction of sp³-hybridized carbons (Fsp3) is 0.471. The molecule has 122 valence electrons. The second kappa shape index (κ2) is 6.29. The quantitative estimate of drug-likeness (QED) is 0.905. The van der Waals surface area contributed by atoms with Crippen LogP contribution in [0.5, 0.6) is 0 Å². The minimum Gasteiger partial charge on any atom is -0.481 e. The van der Waals surface area contributed by atoms with Crippen molar-refractivity contribution in [3.8, 4) is 6.07 Å². The van der Waals surface area contributed by atoms with Gasteiger partial charge in [0.2, 0.25) is 0 Å². The van der Waals surface area contributed by atoms with Crippen LogP contribution in [-0.4, -0.2) is 40.8 Å². The van der Waals surface area contributed by atoms with Crippen LogP contribution in [-0.2, 0) is 9.53 Å². The van der Waals surface area contributed by atoms with E-state index >= 15 is 0 Å². The zero-order chi connectivity index (χ0) is 17.2. The van der Waals surface area contributed by atoms with Gasteiger partial charge in [0.25, 0.3) is 0 Å². The Balaban J connectivity index is 2.19. The van der Waals surface area contributed by atoms with Crippen LogP contribution >= 0.6 is 0 Å². The molecule has 1 aliphatic rings. The first-order chi connectivity index (χ1) is 10.7. The van der Waals surface area contributed by atoms with Crippen molar-refractivity contribution in [3.05, 3.63) is 35.4 Å². The Morgan fingerprint density at radius 3 is 2.35 bits per heavy atom. The fourth-order valence-corrected chi connectivity index (χ4v) is 2.67. The summed E-state index contributed by atoms with van der Waals surface area (Å²) in [5.74, 6) is -1.94. The van der Waals surface area contributed by atoms with Gasteiger partial charge in [0.05, 0.1) is 17.6 Å². The van der Waals surface area contributed by atoms with Crippen molar-refractivity contribution in [1.29, 1.82) is 5.26 Å². The second-order valence-electron chi connectivity index (χ2n) is 6.67. The molecule has 1 fully saturated rings. The molecule has 0 aliphatic carbocycles. The van der Waals surface area contributed by atoms with Crippen molar-refractivity contribution in [1.82, 2.24) is 4.90 Å². The molecule has 23 heavy (non-hydrogen) atoms. The maximum atomic E-state index is 12.2. The number of hydrogen-bond donors (Lipinski definition) is 1. The van der Waals surface area contributed by atoms with E-state index in [4.69, 9.17) is 10.00 Å². The van der Waals surface area contributed by atoms with Gasteiger partial charge in [-0.25, -0.2) is 4.79 Å². The molecule has 2 rings (SSSR count). The van der Waals surface area contributed by atoms with Gasteiger partial charge in [-0.15, -0.1) is 0 Å². The van der Waals surface area contributed by atoms with Gasteiger partial charge in [0.1, 0.15) is 5.60 Å². The molecule has 1 aromatic carbocycles. The number of amides is 1. The Labute approximate surface area is 135 Å². The van der Waals surface area contributed by atoms with Crippen LogP contribution in [0, 0.1) is 17.2 Å². The summed E-state index contributed by atoms with van der Waals surface area (Å²) in [6.45, 7) is 5.72. The Kier molecular flexibility index (Phi) is 4.60. The van der Waals surface area contributed by atoms with Gasteiger partial charge in [-0.1, -0.05) is 12.1 Å². The third kappa shape index (κ3) is 4.01. The molecule has 0 bridgehead atoms. The number of carbonyl (C=O) groups is 2. The van der Waals surface area contributed by atoms with Gasteiger partial charge in [-0.05, 0) is 38.5 Å². The van der Waals surface area contributed by atoms with Crippen LogP contribution < -0.4 is 0 Å². The molecule has 6 heteroatoms. The van der Waals surface area contributed by atoms with Crippen LogP contribution in [0.15, 0.2) is 24.3 Å². The summed E-state index contributed by atoms with van der Waals surface area (Å²) in [6.07, 6.45) is -0.500. The molecule has 1 saturated heterocycles. The molecule has 6 nitrogen and oxygen atoms in total. The average Bonchev–Trinajstić information content (AvgIpc) is 2.91. The van der Waals surface area contributed by atoms with Crippen molar-refractivity contribution in [2.24, 2.45) is 5.92 Å². The molecule has 1 N–H and O–H groups in total. The highest BCUT2D eigenvalue weighted by Crippen LogP contribution is 2.33. The first-order valence-electron chi connectivity index (χ1n) is 7.42. The molecular formula is C17H20N2O4. The first kappa shape index (κ1) is 16.8. The third-order valence-corrected chi connectivity index (χ3v) is 3.76. The fourth-order valence-electron chi connectivity index (χ4n) is 2.67. The number of rotatable bonds is 2. The van der Waals surface area contributed by atoms with Crippen LogP contribution in [0.1, 0.15) is 37.8 Å². The van der Waals surface area contributed by atoms with Gasteiger partial charge in [-0.3, -0.25) is 4.79 Å². The van der Waals surface area contributed by atoms with Crippen LogP contribution in [0.4, 0.5) is 4.79 Å². The zero-order valence-electron chi connectivity index (χ0n) is 13.4. The van der Waals surface area contributed by atoms with Crippen LogP contribution in [0.2, 0.25) is 0 Å². The van der Waals surface area contributed by atoms with Gasteiger partial charge in [0.15, 0.2) is 0 Å². The molecule has 1 amide bonds. The maximum Gasteiger partial charge on any atom is 0.410 e. The predicted octanol–water partition coefficient (Wildman–Crippen LogP) is 2.59. The largest absolute Gasteiger partial charge is 0.481 e. The minimum atomic E-state index is -0.939. The Morgan fingerprint density at radius 2 is 1.87 bits per heavy atom. The molecule has 2 atom stereocenters. The smallest absolute Gasteiger partial charge is 0.410 e. The van der Waals surface area contributed by atoms with Crippen molar-refractivity contribution >= 4 is 12.1 Å². The number of nitrogens with zero attached hydrogens (tertiary/aromatic N) is 2. The van der Waals surface area contributed by atoms with Gasteiger partial charge in [-0.2, -0.15) is 5.26 Å². The number of ether oxygens (including phenoxy) is 1. The van der Waals surface area contributed by atoms with Crippen molar-refractivity contribution in [2.75, 3.05) is 13.1 Å². The monoisotopic (exact) mass is 316 g/mol. The molecule has 1 aromatic rings. The highest BCUT2D eigenvalue weighted by atomic mass is 16.6. The highest BCUT2D eigenvalue weighted by Gasteiger charge is 2.41. The number of carboxylic acid groups (broad SMARTS) is 1. The first-order valence-corrected chi connectivity index (χ1v) is 7.42. The van der Waals surface area contributed by atoms with E-state index in [0.29, 0.717) is 5.56 Å². The van der Waals surface area contributed by atoms with Gasteiger partial charge >= 0.3 is 12.1 Å². The molecule has 0 spiro atoms. The Bertz CT molecular complexity index is 640. The number of benzene rings is 1. The lowest BCUT2D eigenvalue weighted by Crippen LogP contribution is -2.35. The molecule has 0 aromatic heterocycles. The standard InChI is InChI=1S/C17H20N2O4/c1-17(2,3)23-16(22)19-9-13(14(10-19)15(20)21)12-6-4-11(8-18)5-7-12/h4-7,13-14H,9-10H2,1-3H3,(H,20,21)/t13-,14-/m1/s1. The Hall–Kier alpha value is -2.55. The topological polar surface area (TPSA) is 90.6 Å². The maximum absolute atomic E-state index is 12.2. The van der Waals surface area contributed by atoms with E-state index in [2.05, 4.69) is 0 Å². The summed E-state index contributed by atoms with van der Waals surface area (Å²) >= 11 is 0. The van der Waals surface area contributed by atoms with E-state index in [1.54, 1.807) is 45.0 Å². The normalized spacial score (nSPS) is 20.9. The van der Waals surface area contributed by atoms with Crippen LogP contribution in [0.25, 0.3) is 0 Å². The summed E-state index contributed by atoms with van der Waals surface area (Å²) in [5, 5.41) is 18.3. The van der Waals surface area contributed by atoms with E-state index in [-0.39, 0.29) is 19.0 Å². The van der Waals surface area contributed by atoms with Crippen LogP contribution in [0.3, 0.4) is 0 Å². The predicted molar refractivity (Wildman–Crippen MR) is 82.8 cm³/mol. The lowest BCUT2D eigenvalue weighted by Gasteiger charge is -2.24. The van der Waals surface area contributed by atoms with E-state index in [0.717, 1.165) is 5.56 Å². The number of carbonyl (C=O) groups excluding carboxylic acids is 1. The van der Waals surface area contributed by atoms with Crippen molar-refractivity contribution in [3.63, 3.8) is 0 Å². The lowest BCUT2D eigenvalue weighted by atomic mass is 9.89. The van der Waals surface area contributed by atoms with Gasteiger partial charge < -0.3 is 14.7 Å². The number of aliphatic carboxylic acids is 1. The average molecular weight is 316 g/mol. The zero-order valence-corrected chi connectivity index (χ0v) is 13.4. The van der Waals surface area contributed by atoms with Crippen molar-refractivity contribution in [2.45, 2.75) is 32.3 Å². The number of nitriles is 1. The summed E-state index contributed by atoms with van der Waals surface area (Å²) in [6, 6.07) is 8.84. The summed E-state index contributed by atoms with van der Waals surface area (Å²) in [5.41, 5.74) is 0.701. The second-order valence-corrected chi connectivity index (χ2v) is 6.67. The summed E-state index contributed by atoms with van der Waals surface area (Å²) < 4.78 is 5.32.